The third-order valence-electron chi connectivity index (χ3n) is 4.38. The highest BCUT2D eigenvalue weighted by Crippen LogP contribution is 2.18. The van der Waals surface area contributed by atoms with E-state index in [-0.39, 0.29) is 16.7 Å². The van der Waals surface area contributed by atoms with Crippen LogP contribution in [0.25, 0.3) is 21.9 Å². The van der Waals surface area contributed by atoms with Crippen LogP contribution in [0.3, 0.4) is 0 Å². The number of aromatic nitrogens is 4. The highest BCUT2D eigenvalue weighted by molar-refractivity contribution is 6.06. The summed E-state index contributed by atoms with van der Waals surface area (Å²) in [5, 5.41) is 3.42. The Bertz CT molecular complexity index is 1350. The number of nitrogens with one attached hydrogen (secondary N) is 2. The summed E-state index contributed by atoms with van der Waals surface area (Å²) in [5.41, 5.74) is 0.404. The highest BCUT2D eigenvalue weighted by Gasteiger charge is 2.14. The average Bonchev–Trinajstić information content (AvgIpc) is 3.08. The normalized spacial score (nSPS) is 11.2. The summed E-state index contributed by atoms with van der Waals surface area (Å²) in [7, 11) is 2.89. The first-order valence-electron chi connectivity index (χ1n) is 8.00. The van der Waals surface area contributed by atoms with E-state index in [0.717, 1.165) is 4.57 Å². The van der Waals surface area contributed by atoms with Gasteiger partial charge >= 0.3 is 5.69 Å². The summed E-state index contributed by atoms with van der Waals surface area (Å²) >= 11 is 0. The Labute approximate surface area is 150 Å². The van der Waals surface area contributed by atoms with Crippen molar-refractivity contribution in [3.63, 3.8) is 0 Å². The minimum atomic E-state index is -0.502. The lowest BCUT2D eigenvalue weighted by atomic mass is 10.2. The quantitative estimate of drug-likeness (QED) is 0.561. The molecule has 0 unspecified atom stereocenters. The number of hydrogen-bond acceptors (Lipinski definition) is 4. The summed E-state index contributed by atoms with van der Waals surface area (Å²) in [6.45, 7) is 0. The first-order chi connectivity index (χ1) is 12.8. The number of benzene rings is 1. The molecule has 1 amide bonds. The van der Waals surface area contributed by atoms with Crippen LogP contribution in [-0.4, -0.2) is 25.0 Å². The van der Waals surface area contributed by atoms with Crippen molar-refractivity contribution in [1.82, 2.24) is 19.1 Å². The molecule has 4 aromatic rings. The number of H-pyrrole nitrogens is 1. The number of fused-ring (bicyclic) bond motifs is 2. The number of nitrogens with zero attached hydrogens (tertiary/aromatic N) is 3. The van der Waals surface area contributed by atoms with E-state index in [9.17, 15) is 18.8 Å². The van der Waals surface area contributed by atoms with Gasteiger partial charge in [0.15, 0.2) is 0 Å². The molecule has 0 saturated carbocycles. The lowest BCUT2D eigenvalue weighted by molar-refractivity contribution is 0.102. The Morgan fingerprint density at radius 1 is 1.15 bits per heavy atom. The third kappa shape index (κ3) is 2.69. The van der Waals surface area contributed by atoms with Crippen molar-refractivity contribution in [1.29, 1.82) is 0 Å². The van der Waals surface area contributed by atoms with Gasteiger partial charge in [0, 0.05) is 25.0 Å². The Balaban J connectivity index is 1.73. The van der Waals surface area contributed by atoms with Crippen molar-refractivity contribution in [3.8, 4) is 0 Å². The number of halogens is 1. The molecule has 8 nitrogen and oxygen atoms in total. The third-order valence-corrected chi connectivity index (χ3v) is 4.38. The minimum absolute atomic E-state index is 0.205. The van der Waals surface area contributed by atoms with E-state index in [2.05, 4.69) is 15.3 Å². The first kappa shape index (κ1) is 16.7. The summed E-state index contributed by atoms with van der Waals surface area (Å²) in [6, 6.07) is 7.16. The fraction of sp³-hybridized carbons (Fsp3) is 0.111. The predicted octanol–water partition coefficient (Wildman–Crippen LogP) is 1.50. The molecule has 136 valence electrons. The smallest absolute Gasteiger partial charge is 0.332 e. The molecule has 0 aliphatic heterocycles. The summed E-state index contributed by atoms with van der Waals surface area (Å²) in [4.78, 5) is 43.8. The second-order valence-electron chi connectivity index (χ2n) is 6.17. The van der Waals surface area contributed by atoms with Gasteiger partial charge in [-0.05, 0) is 30.3 Å². The van der Waals surface area contributed by atoms with Gasteiger partial charge in [-0.15, -0.1) is 0 Å². The van der Waals surface area contributed by atoms with Crippen LogP contribution >= 0.6 is 0 Å². The van der Waals surface area contributed by atoms with Gasteiger partial charge < -0.3 is 10.3 Å². The highest BCUT2D eigenvalue weighted by atomic mass is 19.1. The molecular weight excluding hydrogens is 353 g/mol. The zero-order valence-electron chi connectivity index (χ0n) is 14.4. The van der Waals surface area contributed by atoms with Crippen LogP contribution in [0.4, 0.5) is 10.1 Å². The maximum absolute atomic E-state index is 13.3. The molecule has 0 aliphatic carbocycles. The molecule has 0 radical (unpaired) electrons. The molecule has 1 aromatic carbocycles. The van der Waals surface area contributed by atoms with Gasteiger partial charge in [0.2, 0.25) is 0 Å². The molecule has 0 fully saturated rings. The van der Waals surface area contributed by atoms with Crippen molar-refractivity contribution < 1.29 is 9.18 Å². The van der Waals surface area contributed by atoms with Crippen molar-refractivity contribution in [2.75, 3.05) is 5.32 Å². The Hall–Kier alpha value is -3.75. The monoisotopic (exact) mass is 367 g/mol. The minimum Gasteiger partial charge on any atom is -0.351 e. The molecule has 27 heavy (non-hydrogen) atoms. The van der Waals surface area contributed by atoms with Crippen LogP contribution in [-0.2, 0) is 14.1 Å². The summed E-state index contributed by atoms with van der Waals surface area (Å²) < 4.78 is 15.5. The zero-order chi connectivity index (χ0) is 19.3. The largest absolute Gasteiger partial charge is 0.351 e. The van der Waals surface area contributed by atoms with Crippen LogP contribution in [0.5, 0.6) is 0 Å². The second kappa shape index (κ2) is 5.90. The number of hydrogen-bond donors (Lipinski definition) is 2. The number of amides is 1. The Morgan fingerprint density at radius 3 is 2.70 bits per heavy atom. The summed E-state index contributed by atoms with van der Waals surface area (Å²) in [6.07, 6.45) is 1.36. The molecule has 0 bridgehead atoms. The summed E-state index contributed by atoms with van der Waals surface area (Å²) in [5.74, 6) is -0.858. The lowest BCUT2D eigenvalue weighted by Crippen LogP contribution is -2.37. The molecule has 0 saturated heterocycles. The number of aryl methyl sites for hydroxylation is 1. The van der Waals surface area contributed by atoms with Crippen LogP contribution in [0.15, 0.2) is 46.1 Å². The fourth-order valence-electron chi connectivity index (χ4n) is 2.96. The van der Waals surface area contributed by atoms with Crippen LogP contribution in [0.1, 0.15) is 10.5 Å². The Kier molecular flexibility index (Phi) is 3.65. The van der Waals surface area contributed by atoms with Crippen molar-refractivity contribution in [2.24, 2.45) is 14.1 Å². The number of pyridine rings is 1. The van der Waals surface area contributed by atoms with E-state index in [1.165, 1.54) is 49.1 Å². The van der Waals surface area contributed by atoms with Crippen LogP contribution in [0, 0.1) is 5.82 Å². The molecule has 3 aromatic heterocycles. The molecule has 4 rings (SSSR count). The van der Waals surface area contributed by atoms with E-state index in [4.69, 9.17) is 0 Å². The number of rotatable bonds is 2. The fourth-order valence-corrected chi connectivity index (χ4v) is 2.96. The van der Waals surface area contributed by atoms with E-state index in [0.29, 0.717) is 16.6 Å². The maximum atomic E-state index is 13.3. The molecular formula is C18H14FN5O3. The lowest BCUT2D eigenvalue weighted by Gasteiger charge is -2.08. The molecule has 0 spiro atoms. The molecule has 9 heteroatoms. The number of carbonyl (C=O) groups is 1. The van der Waals surface area contributed by atoms with E-state index in [1.807, 2.05) is 0 Å². The number of aromatic amines is 1. The predicted molar refractivity (Wildman–Crippen MR) is 98.4 cm³/mol. The number of carbonyl (C=O) groups excluding carboxylic acids is 1. The van der Waals surface area contributed by atoms with Gasteiger partial charge in [-0.1, -0.05) is 0 Å². The SMILES string of the molecule is Cn1c(=O)c2cc(NC(=O)c3cc4cc(F)ccc4[nH]3)cnc2n(C)c1=O. The number of anilines is 1. The zero-order valence-corrected chi connectivity index (χ0v) is 14.4. The first-order valence-corrected chi connectivity index (χ1v) is 8.00. The van der Waals surface area contributed by atoms with Gasteiger partial charge in [-0.2, -0.15) is 0 Å². The van der Waals surface area contributed by atoms with Crippen LogP contribution in [0.2, 0.25) is 0 Å². The average molecular weight is 367 g/mol. The molecule has 3 heterocycles. The topological polar surface area (TPSA) is 102 Å². The second-order valence-corrected chi connectivity index (χ2v) is 6.17. The maximum Gasteiger partial charge on any atom is 0.332 e. The molecule has 0 aliphatic rings. The Morgan fingerprint density at radius 2 is 1.93 bits per heavy atom. The molecule has 2 N–H and O–H groups in total. The van der Waals surface area contributed by atoms with Gasteiger partial charge in [0.05, 0.1) is 17.3 Å². The van der Waals surface area contributed by atoms with E-state index >= 15 is 0 Å². The van der Waals surface area contributed by atoms with Gasteiger partial charge in [-0.25, -0.2) is 14.2 Å². The van der Waals surface area contributed by atoms with Crippen LogP contribution < -0.4 is 16.6 Å². The van der Waals surface area contributed by atoms with Gasteiger partial charge in [0.1, 0.15) is 17.2 Å². The van der Waals surface area contributed by atoms with Crippen molar-refractivity contribution in [3.05, 3.63) is 68.9 Å². The molecule has 0 atom stereocenters. The van der Waals surface area contributed by atoms with Crippen molar-refractivity contribution >= 4 is 33.5 Å². The standard InChI is InChI=1S/C18H14FN5O3/c1-23-15-12(17(26)24(2)18(23)27)7-11(8-20-15)21-16(25)14-6-9-5-10(19)3-4-13(9)22-14/h3-8,22H,1-2H3,(H,21,25). The van der Waals surface area contributed by atoms with E-state index < -0.39 is 23.0 Å². The van der Waals surface area contributed by atoms with E-state index in [1.54, 1.807) is 6.07 Å². The van der Waals surface area contributed by atoms with Gasteiger partial charge in [0.25, 0.3) is 11.5 Å². The van der Waals surface area contributed by atoms with Crippen molar-refractivity contribution in [2.45, 2.75) is 0 Å². The van der Waals surface area contributed by atoms with Gasteiger partial charge in [-0.3, -0.25) is 18.7 Å².